The van der Waals surface area contributed by atoms with Crippen molar-refractivity contribution in [3.05, 3.63) is 83.9 Å². The van der Waals surface area contributed by atoms with E-state index < -0.39 is 0 Å². The highest BCUT2D eigenvalue weighted by Gasteiger charge is 2.16. The standard InChI is InChI=1S/C23H19N3O/c1-15-7-11-17(12-8-15)21-22(18-13-9-16(2)10-14-18)25-26-23(24-21)19-5-3-4-6-20(19)27/h3-14,27H,1-2H3. The summed E-state index contributed by atoms with van der Waals surface area (Å²) in [4.78, 5) is 4.77. The largest absolute Gasteiger partial charge is 0.507 e. The van der Waals surface area contributed by atoms with Crippen LogP contribution < -0.4 is 0 Å². The molecule has 0 fully saturated rings. The van der Waals surface area contributed by atoms with Crippen molar-refractivity contribution < 1.29 is 5.11 Å². The maximum absolute atomic E-state index is 10.2. The molecule has 4 aromatic rings. The quantitative estimate of drug-likeness (QED) is 0.550. The van der Waals surface area contributed by atoms with E-state index in [2.05, 4.69) is 36.2 Å². The van der Waals surface area contributed by atoms with Gasteiger partial charge in [-0.15, -0.1) is 10.2 Å². The Morgan fingerprint density at radius 3 is 1.78 bits per heavy atom. The minimum absolute atomic E-state index is 0.136. The number of rotatable bonds is 3. The molecule has 0 amide bonds. The summed E-state index contributed by atoms with van der Waals surface area (Å²) >= 11 is 0. The molecular formula is C23H19N3O. The molecule has 0 saturated heterocycles. The van der Waals surface area contributed by atoms with E-state index in [4.69, 9.17) is 4.98 Å². The van der Waals surface area contributed by atoms with Crippen LogP contribution in [-0.4, -0.2) is 20.3 Å². The molecular weight excluding hydrogens is 334 g/mol. The van der Waals surface area contributed by atoms with Crippen LogP contribution in [0.3, 0.4) is 0 Å². The zero-order valence-corrected chi connectivity index (χ0v) is 15.2. The van der Waals surface area contributed by atoms with Crippen LogP contribution in [0.4, 0.5) is 0 Å². The Morgan fingerprint density at radius 1 is 0.630 bits per heavy atom. The topological polar surface area (TPSA) is 58.9 Å². The number of aromatic nitrogens is 3. The van der Waals surface area contributed by atoms with Gasteiger partial charge in [0.15, 0.2) is 5.82 Å². The average Bonchev–Trinajstić information content (AvgIpc) is 2.69. The lowest BCUT2D eigenvalue weighted by atomic mass is 10.0. The summed E-state index contributed by atoms with van der Waals surface area (Å²) in [7, 11) is 0. The van der Waals surface area contributed by atoms with Gasteiger partial charge in [-0.3, -0.25) is 0 Å². The Morgan fingerprint density at radius 2 is 1.19 bits per heavy atom. The van der Waals surface area contributed by atoms with Gasteiger partial charge >= 0.3 is 0 Å². The fourth-order valence-corrected chi connectivity index (χ4v) is 2.92. The number of nitrogens with zero attached hydrogens (tertiary/aromatic N) is 3. The highest BCUT2D eigenvalue weighted by atomic mass is 16.3. The minimum atomic E-state index is 0.136. The molecule has 0 aliphatic rings. The van der Waals surface area contributed by atoms with Gasteiger partial charge in [0.2, 0.25) is 0 Å². The van der Waals surface area contributed by atoms with E-state index in [0.29, 0.717) is 11.4 Å². The predicted octanol–water partition coefficient (Wildman–Crippen LogP) is 5.20. The first-order valence-electron chi connectivity index (χ1n) is 8.79. The zero-order valence-electron chi connectivity index (χ0n) is 15.2. The molecule has 1 aromatic heterocycles. The van der Waals surface area contributed by atoms with Crippen LogP contribution >= 0.6 is 0 Å². The van der Waals surface area contributed by atoms with Crippen molar-refractivity contribution in [2.24, 2.45) is 0 Å². The van der Waals surface area contributed by atoms with Gasteiger partial charge in [0.1, 0.15) is 17.1 Å². The molecule has 4 rings (SSSR count). The summed E-state index contributed by atoms with van der Waals surface area (Å²) in [6.07, 6.45) is 0. The number of phenols is 1. The second-order valence-corrected chi connectivity index (χ2v) is 6.58. The molecule has 27 heavy (non-hydrogen) atoms. The minimum Gasteiger partial charge on any atom is -0.507 e. The van der Waals surface area contributed by atoms with Gasteiger partial charge < -0.3 is 5.11 Å². The third-order valence-corrected chi connectivity index (χ3v) is 4.48. The first kappa shape index (κ1) is 16.9. The predicted molar refractivity (Wildman–Crippen MR) is 107 cm³/mol. The summed E-state index contributed by atoms with van der Waals surface area (Å²) in [5, 5.41) is 18.9. The molecule has 1 heterocycles. The smallest absolute Gasteiger partial charge is 0.186 e. The lowest BCUT2D eigenvalue weighted by Crippen LogP contribution is -2.00. The Kier molecular flexibility index (Phi) is 4.38. The molecule has 0 atom stereocenters. The van der Waals surface area contributed by atoms with Crippen molar-refractivity contribution in [3.63, 3.8) is 0 Å². The first-order chi connectivity index (χ1) is 13.1. The Balaban J connectivity index is 1.92. The van der Waals surface area contributed by atoms with Crippen LogP contribution in [0.2, 0.25) is 0 Å². The van der Waals surface area contributed by atoms with E-state index >= 15 is 0 Å². The van der Waals surface area contributed by atoms with Crippen molar-refractivity contribution in [3.8, 4) is 39.7 Å². The van der Waals surface area contributed by atoms with Gasteiger partial charge in [0.05, 0.1) is 5.56 Å². The summed E-state index contributed by atoms with van der Waals surface area (Å²) in [6, 6.07) is 23.3. The number of aromatic hydroxyl groups is 1. The van der Waals surface area contributed by atoms with Crippen molar-refractivity contribution in [1.29, 1.82) is 0 Å². The Labute approximate surface area is 158 Å². The molecule has 4 heteroatoms. The van der Waals surface area contributed by atoms with Crippen LogP contribution in [0.25, 0.3) is 33.9 Å². The van der Waals surface area contributed by atoms with Gasteiger partial charge in [-0.05, 0) is 26.0 Å². The molecule has 0 aliphatic carbocycles. The molecule has 1 N–H and O–H groups in total. The highest BCUT2D eigenvalue weighted by molar-refractivity contribution is 5.79. The first-order valence-corrected chi connectivity index (χ1v) is 8.79. The van der Waals surface area contributed by atoms with Crippen LogP contribution in [-0.2, 0) is 0 Å². The molecule has 0 saturated carbocycles. The molecule has 0 aliphatic heterocycles. The van der Waals surface area contributed by atoms with E-state index in [0.717, 1.165) is 22.5 Å². The van der Waals surface area contributed by atoms with Gasteiger partial charge in [0, 0.05) is 11.1 Å². The molecule has 132 valence electrons. The van der Waals surface area contributed by atoms with Crippen molar-refractivity contribution in [2.45, 2.75) is 13.8 Å². The monoisotopic (exact) mass is 353 g/mol. The van der Waals surface area contributed by atoms with Crippen LogP contribution in [0.5, 0.6) is 5.75 Å². The maximum Gasteiger partial charge on any atom is 0.186 e. The second-order valence-electron chi connectivity index (χ2n) is 6.58. The van der Waals surface area contributed by atoms with Crippen LogP contribution in [0.1, 0.15) is 11.1 Å². The lowest BCUT2D eigenvalue weighted by molar-refractivity contribution is 0.477. The van der Waals surface area contributed by atoms with E-state index in [1.165, 1.54) is 11.1 Å². The highest BCUT2D eigenvalue weighted by Crippen LogP contribution is 2.32. The van der Waals surface area contributed by atoms with E-state index in [1.54, 1.807) is 18.2 Å². The van der Waals surface area contributed by atoms with E-state index in [9.17, 15) is 5.11 Å². The van der Waals surface area contributed by atoms with Crippen molar-refractivity contribution in [1.82, 2.24) is 15.2 Å². The SMILES string of the molecule is Cc1ccc(-c2nnc(-c3ccccc3O)nc2-c2ccc(C)cc2)cc1. The second kappa shape index (κ2) is 7.00. The third kappa shape index (κ3) is 3.42. The molecule has 3 aromatic carbocycles. The fraction of sp³-hybridized carbons (Fsp3) is 0.0870. The Hall–Kier alpha value is -3.53. The maximum atomic E-state index is 10.2. The summed E-state index contributed by atoms with van der Waals surface area (Å²) in [5.41, 5.74) is 6.31. The summed E-state index contributed by atoms with van der Waals surface area (Å²) in [6.45, 7) is 4.10. The van der Waals surface area contributed by atoms with Gasteiger partial charge in [-0.25, -0.2) is 4.98 Å². The van der Waals surface area contributed by atoms with Gasteiger partial charge in [0.25, 0.3) is 0 Å². The van der Waals surface area contributed by atoms with Crippen LogP contribution in [0.15, 0.2) is 72.8 Å². The number of benzene rings is 3. The van der Waals surface area contributed by atoms with Crippen LogP contribution in [0, 0.1) is 13.8 Å². The average molecular weight is 353 g/mol. The summed E-state index contributed by atoms with van der Waals surface area (Å²) in [5.74, 6) is 0.539. The van der Waals surface area contributed by atoms with Crippen molar-refractivity contribution >= 4 is 0 Å². The molecule has 0 unspecified atom stereocenters. The number of phenolic OH excluding ortho intramolecular Hbond substituents is 1. The molecule has 0 bridgehead atoms. The third-order valence-electron chi connectivity index (χ3n) is 4.48. The zero-order chi connectivity index (χ0) is 18.8. The van der Waals surface area contributed by atoms with Crippen molar-refractivity contribution in [2.75, 3.05) is 0 Å². The molecule has 0 spiro atoms. The number of aryl methyl sites for hydroxylation is 2. The van der Waals surface area contributed by atoms with Gasteiger partial charge in [-0.2, -0.15) is 0 Å². The Bertz CT molecular complexity index is 1090. The molecule has 0 radical (unpaired) electrons. The van der Waals surface area contributed by atoms with Gasteiger partial charge in [-0.1, -0.05) is 71.8 Å². The normalized spacial score (nSPS) is 10.7. The van der Waals surface area contributed by atoms with E-state index in [-0.39, 0.29) is 5.75 Å². The number of hydrogen-bond acceptors (Lipinski definition) is 4. The fourth-order valence-electron chi connectivity index (χ4n) is 2.92. The summed E-state index contributed by atoms with van der Waals surface area (Å²) < 4.78 is 0. The van der Waals surface area contributed by atoms with E-state index in [1.807, 2.05) is 42.5 Å². The lowest BCUT2D eigenvalue weighted by Gasteiger charge is -2.11. The number of para-hydroxylation sites is 1. The molecule has 4 nitrogen and oxygen atoms in total. The number of hydrogen-bond donors (Lipinski definition) is 1.